The van der Waals surface area contributed by atoms with Crippen molar-refractivity contribution in [2.75, 3.05) is 11.9 Å². The number of rotatable bonds is 6. The predicted molar refractivity (Wildman–Crippen MR) is 91.5 cm³/mol. The highest BCUT2D eigenvalue weighted by molar-refractivity contribution is 7.89. The Morgan fingerprint density at radius 3 is 2.42 bits per heavy atom. The molecule has 0 bridgehead atoms. The Morgan fingerprint density at radius 1 is 1.08 bits per heavy atom. The van der Waals surface area contributed by atoms with Gasteiger partial charge in [-0.2, -0.15) is 13.2 Å². The van der Waals surface area contributed by atoms with Crippen LogP contribution >= 0.6 is 0 Å². The summed E-state index contributed by atoms with van der Waals surface area (Å²) in [5.41, 5.74) is 1.56. The van der Waals surface area contributed by atoms with Gasteiger partial charge in [-0.15, -0.1) is 0 Å². The summed E-state index contributed by atoms with van der Waals surface area (Å²) in [5.74, 6) is -0.564. The predicted octanol–water partition coefficient (Wildman–Crippen LogP) is 3.34. The van der Waals surface area contributed by atoms with Gasteiger partial charge in [0.05, 0.1) is 4.90 Å². The van der Waals surface area contributed by atoms with E-state index in [-0.39, 0.29) is 5.56 Å². The Balaban J connectivity index is 2.18. The zero-order chi connectivity index (χ0) is 19.4. The van der Waals surface area contributed by atoms with Gasteiger partial charge in [0.25, 0.3) is 5.91 Å². The van der Waals surface area contributed by atoms with Crippen LogP contribution in [0.2, 0.25) is 0 Å². The molecular weight excluding hydrogens is 369 g/mol. The highest BCUT2D eigenvalue weighted by Crippen LogP contribution is 2.17. The van der Waals surface area contributed by atoms with E-state index in [4.69, 9.17) is 0 Å². The molecule has 0 unspecified atom stereocenters. The Morgan fingerprint density at radius 2 is 1.77 bits per heavy atom. The monoisotopic (exact) mass is 386 g/mol. The zero-order valence-corrected chi connectivity index (χ0v) is 14.6. The number of carbonyl (C=O) groups is 1. The van der Waals surface area contributed by atoms with E-state index < -0.39 is 33.5 Å². The number of hydrogen-bond acceptors (Lipinski definition) is 3. The van der Waals surface area contributed by atoms with Crippen LogP contribution in [0.4, 0.5) is 18.9 Å². The number of alkyl halides is 3. The van der Waals surface area contributed by atoms with Gasteiger partial charge in [0, 0.05) is 11.3 Å². The third-order valence-electron chi connectivity index (χ3n) is 3.46. The van der Waals surface area contributed by atoms with E-state index in [0.717, 1.165) is 24.1 Å². The maximum atomic E-state index is 12.3. The molecular formula is C17H17F3N2O3S. The van der Waals surface area contributed by atoms with Crippen molar-refractivity contribution in [1.29, 1.82) is 0 Å². The summed E-state index contributed by atoms with van der Waals surface area (Å²) >= 11 is 0. The summed E-state index contributed by atoms with van der Waals surface area (Å²) in [7, 11) is -4.38. The first kappa shape index (κ1) is 19.9. The lowest BCUT2D eigenvalue weighted by molar-refractivity contribution is -0.121. The van der Waals surface area contributed by atoms with Crippen molar-refractivity contribution in [3.05, 3.63) is 59.7 Å². The van der Waals surface area contributed by atoms with E-state index in [9.17, 15) is 26.4 Å². The number of nitrogens with one attached hydrogen (secondary N) is 2. The first-order chi connectivity index (χ1) is 12.1. The topological polar surface area (TPSA) is 75.3 Å². The lowest BCUT2D eigenvalue weighted by Crippen LogP contribution is -2.33. The molecule has 0 saturated carbocycles. The lowest BCUT2D eigenvalue weighted by Gasteiger charge is -2.11. The smallest absolute Gasteiger partial charge is 0.322 e. The highest BCUT2D eigenvalue weighted by Gasteiger charge is 2.30. The molecule has 2 aromatic rings. The van der Waals surface area contributed by atoms with Gasteiger partial charge in [0.1, 0.15) is 6.54 Å². The maximum Gasteiger partial charge on any atom is 0.402 e. The van der Waals surface area contributed by atoms with Crippen LogP contribution in [-0.2, 0) is 16.4 Å². The molecule has 0 atom stereocenters. The zero-order valence-electron chi connectivity index (χ0n) is 13.8. The molecule has 0 aliphatic heterocycles. The maximum absolute atomic E-state index is 12.3. The van der Waals surface area contributed by atoms with Gasteiger partial charge in [0.2, 0.25) is 10.0 Å². The lowest BCUT2D eigenvalue weighted by atomic mass is 10.1. The van der Waals surface area contributed by atoms with Gasteiger partial charge in [-0.25, -0.2) is 13.1 Å². The summed E-state index contributed by atoms with van der Waals surface area (Å²) < 4.78 is 62.0. The third-order valence-corrected chi connectivity index (χ3v) is 4.86. The van der Waals surface area contributed by atoms with Crippen molar-refractivity contribution in [3.8, 4) is 0 Å². The Kier molecular flexibility index (Phi) is 6.04. The van der Waals surface area contributed by atoms with Crippen LogP contribution in [0.1, 0.15) is 22.8 Å². The number of aryl methyl sites for hydroxylation is 1. The van der Waals surface area contributed by atoms with Gasteiger partial charge in [-0.05, 0) is 42.3 Å². The minimum absolute atomic E-state index is 0.0155. The average molecular weight is 386 g/mol. The van der Waals surface area contributed by atoms with Crippen LogP contribution in [0.5, 0.6) is 0 Å². The quantitative estimate of drug-likeness (QED) is 0.800. The molecule has 1 amide bonds. The molecule has 0 fully saturated rings. The summed E-state index contributed by atoms with van der Waals surface area (Å²) in [6, 6.07) is 11.9. The molecule has 0 radical (unpaired) electrons. The Bertz CT molecular complexity index is 896. The SMILES string of the molecule is CCc1cccc(NC(=O)c2cccc(S(=O)(=O)NCC(F)(F)F)c2)c1. The standard InChI is InChI=1S/C17H17F3N2O3S/c1-2-12-5-3-7-14(9-12)22-16(23)13-6-4-8-15(10-13)26(24,25)21-11-17(18,19)20/h3-10,21H,2,11H2,1H3,(H,22,23). The number of sulfonamides is 1. The van der Waals surface area contributed by atoms with Crippen LogP contribution in [-0.4, -0.2) is 27.0 Å². The minimum atomic E-state index is -4.67. The largest absolute Gasteiger partial charge is 0.402 e. The van der Waals surface area contributed by atoms with Crippen LogP contribution in [0.25, 0.3) is 0 Å². The Labute approximate surface area is 149 Å². The van der Waals surface area contributed by atoms with Crippen LogP contribution in [0.15, 0.2) is 53.4 Å². The summed E-state index contributed by atoms with van der Waals surface area (Å²) in [5, 5.41) is 2.63. The molecule has 5 nitrogen and oxygen atoms in total. The number of anilines is 1. The van der Waals surface area contributed by atoms with Gasteiger partial charge < -0.3 is 5.32 Å². The summed E-state index contributed by atoms with van der Waals surface area (Å²) in [4.78, 5) is 11.9. The number of hydrogen-bond donors (Lipinski definition) is 2. The van der Waals surface area contributed by atoms with E-state index in [1.165, 1.54) is 16.9 Å². The van der Waals surface area contributed by atoms with Gasteiger partial charge >= 0.3 is 6.18 Å². The molecule has 0 spiro atoms. The van der Waals surface area contributed by atoms with Crippen LogP contribution < -0.4 is 10.0 Å². The fourth-order valence-corrected chi connectivity index (χ4v) is 3.20. The van der Waals surface area contributed by atoms with Crippen LogP contribution in [0.3, 0.4) is 0 Å². The molecule has 2 N–H and O–H groups in total. The summed E-state index contributed by atoms with van der Waals surface area (Å²) in [6.07, 6.45) is -3.89. The first-order valence-electron chi connectivity index (χ1n) is 7.67. The van der Waals surface area contributed by atoms with E-state index in [0.29, 0.717) is 5.69 Å². The van der Waals surface area contributed by atoms with Crippen molar-refractivity contribution in [2.45, 2.75) is 24.4 Å². The minimum Gasteiger partial charge on any atom is -0.322 e. The highest BCUT2D eigenvalue weighted by atomic mass is 32.2. The number of amides is 1. The molecule has 2 aromatic carbocycles. The molecule has 9 heteroatoms. The van der Waals surface area contributed by atoms with E-state index in [1.807, 2.05) is 13.0 Å². The number of halogens is 3. The van der Waals surface area contributed by atoms with Gasteiger partial charge in [-0.1, -0.05) is 25.1 Å². The Hall–Kier alpha value is -2.39. The number of carbonyl (C=O) groups excluding carboxylic acids is 1. The number of benzene rings is 2. The van der Waals surface area contributed by atoms with Crippen molar-refractivity contribution in [2.24, 2.45) is 0 Å². The fraction of sp³-hybridized carbons (Fsp3) is 0.235. The van der Waals surface area contributed by atoms with E-state index >= 15 is 0 Å². The average Bonchev–Trinajstić information content (AvgIpc) is 2.60. The molecule has 140 valence electrons. The fourth-order valence-electron chi connectivity index (χ4n) is 2.14. The van der Waals surface area contributed by atoms with Crippen molar-refractivity contribution in [3.63, 3.8) is 0 Å². The van der Waals surface area contributed by atoms with Crippen molar-refractivity contribution >= 4 is 21.6 Å². The van der Waals surface area contributed by atoms with Crippen molar-refractivity contribution < 1.29 is 26.4 Å². The van der Waals surface area contributed by atoms with E-state index in [2.05, 4.69) is 5.32 Å². The van der Waals surface area contributed by atoms with Gasteiger partial charge in [-0.3, -0.25) is 4.79 Å². The first-order valence-corrected chi connectivity index (χ1v) is 9.16. The molecule has 0 saturated heterocycles. The second kappa shape index (κ2) is 7.88. The molecule has 0 aromatic heterocycles. The van der Waals surface area contributed by atoms with Crippen LogP contribution in [0, 0.1) is 0 Å². The molecule has 0 heterocycles. The molecule has 26 heavy (non-hydrogen) atoms. The van der Waals surface area contributed by atoms with Crippen molar-refractivity contribution in [1.82, 2.24) is 4.72 Å². The normalized spacial score (nSPS) is 12.0. The van der Waals surface area contributed by atoms with E-state index in [1.54, 1.807) is 18.2 Å². The second-order valence-corrected chi connectivity index (χ2v) is 7.24. The second-order valence-electron chi connectivity index (χ2n) is 5.48. The van der Waals surface area contributed by atoms with Gasteiger partial charge in [0.15, 0.2) is 0 Å². The molecule has 2 rings (SSSR count). The molecule has 0 aliphatic rings. The third kappa shape index (κ3) is 5.57. The molecule has 0 aliphatic carbocycles. The summed E-state index contributed by atoms with van der Waals surface area (Å²) in [6.45, 7) is 0.277.